The Kier molecular flexibility index (Phi) is 5.63. The van der Waals surface area contributed by atoms with Gasteiger partial charge in [0.15, 0.2) is 0 Å². The van der Waals surface area contributed by atoms with Crippen molar-refractivity contribution in [1.82, 2.24) is 14.5 Å². The van der Waals surface area contributed by atoms with Crippen LogP contribution in [0.2, 0.25) is 0 Å². The molecule has 6 nitrogen and oxygen atoms in total. The molecular weight excluding hydrogens is 354 g/mol. The minimum absolute atomic E-state index is 0.0721. The van der Waals surface area contributed by atoms with Crippen LogP contribution in [0.3, 0.4) is 0 Å². The number of aliphatic hydroxyl groups excluding tert-OH is 1. The van der Waals surface area contributed by atoms with Gasteiger partial charge in [0.05, 0.1) is 11.0 Å². The molecule has 1 atom stereocenters. The first-order chi connectivity index (χ1) is 13.2. The second kappa shape index (κ2) is 7.81. The SMILES string of the molecule is Cn1c(=O)n(C)c2cc([C@H](O)COc3ccc(CNC(C)(C)C)cc3)ccc21. The predicted molar refractivity (Wildman–Crippen MR) is 112 cm³/mol. The van der Waals surface area contributed by atoms with Crippen molar-refractivity contribution in [2.75, 3.05) is 6.61 Å². The van der Waals surface area contributed by atoms with E-state index in [-0.39, 0.29) is 17.8 Å². The number of fused-ring (bicyclic) bond motifs is 1. The molecule has 3 aromatic rings. The quantitative estimate of drug-likeness (QED) is 0.687. The lowest BCUT2D eigenvalue weighted by molar-refractivity contribution is 0.108. The summed E-state index contributed by atoms with van der Waals surface area (Å²) in [7, 11) is 3.47. The molecule has 0 bridgehead atoms. The lowest BCUT2D eigenvalue weighted by Gasteiger charge is -2.20. The average molecular weight is 383 g/mol. The highest BCUT2D eigenvalue weighted by atomic mass is 16.5. The molecule has 28 heavy (non-hydrogen) atoms. The van der Waals surface area contributed by atoms with Gasteiger partial charge in [-0.1, -0.05) is 18.2 Å². The molecule has 1 heterocycles. The third kappa shape index (κ3) is 4.46. The van der Waals surface area contributed by atoms with Gasteiger partial charge in [-0.2, -0.15) is 0 Å². The Bertz CT molecular complexity index is 1010. The zero-order valence-corrected chi connectivity index (χ0v) is 17.2. The molecule has 1 aromatic heterocycles. The van der Waals surface area contributed by atoms with Crippen molar-refractivity contribution in [1.29, 1.82) is 0 Å². The summed E-state index contributed by atoms with van der Waals surface area (Å²) in [6.07, 6.45) is -0.776. The van der Waals surface area contributed by atoms with E-state index in [9.17, 15) is 9.90 Å². The van der Waals surface area contributed by atoms with Crippen LogP contribution in [0.5, 0.6) is 5.75 Å². The first kappa shape index (κ1) is 20.2. The molecule has 0 saturated heterocycles. The topological polar surface area (TPSA) is 68.4 Å². The standard InChI is InChI=1S/C22H29N3O3/c1-22(2,3)23-13-15-6-9-17(10-7-15)28-14-20(26)16-8-11-18-19(12-16)25(5)21(27)24(18)4/h6-12,20,23,26H,13-14H2,1-5H3/t20-/m1/s1. The summed E-state index contributed by atoms with van der Waals surface area (Å²) in [5.74, 6) is 0.715. The minimum atomic E-state index is -0.776. The number of hydrogen-bond donors (Lipinski definition) is 2. The van der Waals surface area contributed by atoms with Crippen molar-refractivity contribution in [3.8, 4) is 5.75 Å². The van der Waals surface area contributed by atoms with Crippen LogP contribution in [0.25, 0.3) is 11.0 Å². The number of benzene rings is 2. The molecule has 0 aliphatic heterocycles. The van der Waals surface area contributed by atoms with Gasteiger partial charge in [0.1, 0.15) is 18.5 Å². The Hall–Kier alpha value is -2.57. The molecule has 0 aliphatic rings. The van der Waals surface area contributed by atoms with Gasteiger partial charge in [-0.15, -0.1) is 0 Å². The zero-order chi connectivity index (χ0) is 20.5. The maximum Gasteiger partial charge on any atom is 0.328 e. The van der Waals surface area contributed by atoms with E-state index in [1.165, 1.54) is 5.56 Å². The van der Waals surface area contributed by atoms with Gasteiger partial charge in [0.2, 0.25) is 0 Å². The fourth-order valence-electron chi connectivity index (χ4n) is 3.07. The highest BCUT2D eigenvalue weighted by Crippen LogP contribution is 2.21. The Morgan fingerprint density at radius 1 is 1.04 bits per heavy atom. The summed E-state index contributed by atoms with van der Waals surface area (Å²) in [4.78, 5) is 12.0. The average Bonchev–Trinajstić information content (AvgIpc) is 2.88. The smallest absolute Gasteiger partial charge is 0.328 e. The van der Waals surface area contributed by atoms with E-state index in [1.54, 1.807) is 23.2 Å². The Morgan fingerprint density at radius 3 is 2.32 bits per heavy atom. The number of aromatic nitrogens is 2. The van der Waals surface area contributed by atoms with Crippen molar-refractivity contribution in [2.24, 2.45) is 14.1 Å². The molecule has 6 heteroatoms. The first-order valence-corrected chi connectivity index (χ1v) is 9.46. The van der Waals surface area contributed by atoms with E-state index < -0.39 is 6.10 Å². The highest BCUT2D eigenvalue weighted by molar-refractivity contribution is 5.76. The molecule has 150 valence electrons. The Balaban J connectivity index is 1.64. The van der Waals surface area contributed by atoms with E-state index in [1.807, 2.05) is 42.5 Å². The van der Waals surface area contributed by atoms with E-state index in [0.29, 0.717) is 5.75 Å². The molecule has 2 N–H and O–H groups in total. The van der Waals surface area contributed by atoms with Crippen molar-refractivity contribution >= 4 is 11.0 Å². The third-order valence-electron chi connectivity index (χ3n) is 4.83. The summed E-state index contributed by atoms with van der Waals surface area (Å²) in [6.45, 7) is 7.34. The van der Waals surface area contributed by atoms with Gasteiger partial charge in [0.25, 0.3) is 0 Å². The van der Waals surface area contributed by atoms with E-state index in [4.69, 9.17) is 4.74 Å². The normalized spacial score (nSPS) is 13.1. The summed E-state index contributed by atoms with van der Waals surface area (Å²) in [5.41, 5.74) is 3.52. The summed E-state index contributed by atoms with van der Waals surface area (Å²) >= 11 is 0. The Morgan fingerprint density at radius 2 is 1.68 bits per heavy atom. The van der Waals surface area contributed by atoms with Gasteiger partial charge in [0, 0.05) is 26.2 Å². The van der Waals surface area contributed by atoms with E-state index >= 15 is 0 Å². The number of aryl methyl sites for hydroxylation is 2. The molecule has 0 spiro atoms. The van der Waals surface area contributed by atoms with Crippen LogP contribution in [0.4, 0.5) is 0 Å². The zero-order valence-electron chi connectivity index (χ0n) is 17.2. The molecule has 0 radical (unpaired) electrons. The largest absolute Gasteiger partial charge is 0.491 e. The van der Waals surface area contributed by atoms with Gasteiger partial charge in [-0.3, -0.25) is 9.13 Å². The number of aliphatic hydroxyl groups is 1. The van der Waals surface area contributed by atoms with Crippen LogP contribution in [0.15, 0.2) is 47.3 Å². The van der Waals surface area contributed by atoms with Crippen molar-refractivity contribution in [3.05, 3.63) is 64.1 Å². The monoisotopic (exact) mass is 383 g/mol. The molecular formula is C22H29N3O3. The first-order valence-electron chi connectivity index (χ1n) is 9.46. The third-order valence-corrected chi connectivity index (χ3v) is 4.83. The van der Waals surface area contributed by atoms with Crippen LogP contribution >= 0.6 is 0 Å². The van der Waals surface area contributed by atoms with Crippen LogP contribution in [-0.2, 0) is 20.6 Å². The lowest BCUT2D eigenvalue weighted by atomic mass is 10.1. The molecule has 0 fully saturated rings. The number of imidazole rings is 1. The molecule has 0 saturated carbocycles. The van der Waals surface area contributed by atoms with Gasteiger partial charge in [-0.25, -0.2) is 4.79 Å². The van der Waals surface area contributed by atoms with Crippen molar-refractivity contribution in [3.63, 3.8) is 0 Å². The molecule has 2 aromatic carbocycles. The van der Waals surface area contributed by atoms with Crippen LogP contribution in [0, 0.1) is 0 Å². The predicted octanol–water partition coefficient (Wildman–Crippen LogP) is 2.88. The lowest BCUT2D eigenvalue weighted by Crippen LogP contribution is -2.35. The fourth-order valence-corrected chi connectivity index (χ4v) is 3.07. The second-order valence-electron chi connectivity index (χ2n) is 8.22. The summed E-state index contributed by atoms with van der Waals surface area (Å²) in [6, 6.07) is 13.4. The molecule has 3 rings (SSSR count). The number of nitrogens with one attached hydrogen (secondary N) is 1. The van der Waals surface area contributed by atoms with E-state index in [2.05, 4.69) is 26.1 Å². The number of hydrogen-bond acceptors (Lipinski definition) is 4. The van der Waals surface area contributed by atoms with Crippen LogP contribution < -0.4 is 15.7 Å². The van der Waals surface area contributed by atoms with Crippen LogP contribution in [0.1, 0.15) is 38.0 Å². The molecule has 0 unspecified atom stereocenters. The summed E-state index contributed by atoms with van der Waals surface area (Å²) < 4.78 is 8.93. The van der Waals surface area contributed by atoms with Crippen LogP contribution in [-0.4, -0.2) is 26.4 Å². The second-order valence-corrected chi connectivity index (χ2v) is 8.22. The van der Waals surface area contributed by atoms with Crippen molar-refractivity contribution in [2.45, 2.75) is 39.0 Å². The minimum Gasteiger partial charge on any atom is -0.491 e. The van der Waals surface area contributed by atoms with E-state index in [0.717, 1.165) is 23.1 Å². The van der Waals surface area contributed by atoms with Gasteiger partial charge < -0.3 is 15.2 Å². The summed E-state index contributed by atoms with van der Waals surface area (Å²) in [5, 5.41) is 14.0. The van der Waals surface area contributed by atoms with Crippen molar-refractivity contribution < 1.29 is 9.84 Å². The number of nitrogens with zero attached hydrogens (tertiary/aromatic N) is 2. The number of ether oxygens (including phenoxy) is 1. The Labute approximate surface area is 165 Å². The number of rotatable bonds is 6. The molecule has 0 amide bonds. The maximum absolute atomic E-state index is 12.0. The fraction of sp³-hybridized carbons (Fsp3) is 0.409. The maximum atomic E-state index is 12.0. The van der Waals surface area contributed by atoms with Gasteiger partial charge >= 0.3 is 5.69 Å². The molecule has 0 aliphatic carbocycles. The highest BCUT2D eigenvalue weighted by Gasteiger charge is 2.13. The van der Waals surface area contributed by atoms with Gasteiger partial charge in [-0.05, 0) is 56.2 Å².